The minimum Gasteiger partial charge on any atom is -0.356 e. The number of likely N-dealkylation sites (tertiary alicyclic amines) is 1. The van der Waals surface area contributed by atoms with Crippen LogP contribution in [0.4, 0.5) is 0 Å². The normalized spacial score (nSPS) is 20.5. The third kappa shape index (κ3) is 6.05. The summed E-state index contributed by atoms with van der Waals surface area (Å²) in [5.41, 5.74) is 1.27. The Labute approximate surface area is 188 Å². The van der Waals surface area contributed by atoms with Crippen LogP contribution in [-0.4, -0.2) is 48.2 Å². The van der Waals surface area contributed by atoms with E-state index in [0.29, 0.717) is 30.2 Å². The second-order valence-corrected chi connectivity index (χ2v) is 7.36. The second kappa shape index (κ2) is 11.0. The number of aliphatic imine (C=N–C) groups is 1. The highest BCUT2D eigenvalue weighted by atomic mass is 127. The number of guanidine groups is 1. The Morgan fingerprint density at radius 2 is 2.21 bits per heavy atom. The molecule has 1 aromatic carbocycles. The van der Waals surface area contributed by atoms with Gasteiger partial charge in [0, 0.05) is 31.6 Å². The molecule has 0 amide bonds. The monoisotopic (exact) mass is 518 g/mol. The van der Waals surface area contributed by atoms with Crippen LogP contribution in [0.2, 0.25) is 5.02 Å². The fraction of sp³-hybridized carbons (Fsp3) is 0.526. The van der Waals surface area contributed by atoms with Gasteiger partial charge in [0.2, 0.25) is 5.89 Å². The molecular formula is C19H28ClIN6O. The van der Waals surface area contributed by atoms with Crippen LogP contribution in [0.5, 0.6) is 0 Å². The zero-order chi connectivity index (χ0) is 19.2. The fourth-order valence-corrected chi connectivity index (χ4v) is 3.91. The molecule has 3 rings (SSSR count). The fourth-order valence-electron chi connectivity index (χ4n) is 3.71. The molecule has 2 unspecified atom stereocenters. The lowest BCUT2D eigenvalue weighted by Gasteiger charge is -2.40. The van der Waals surface area contributed by atoms with Gasteiger partial charge in [0.15, 0.2) is 11.8 Å². The maximum atomic E-state index is 6.23. The molecule has 0 saturated carbocycles. The zero-order valence-corrected chi connectivity index (χ0v) is 19.6. The predicted molar refractivity (Wildman–Crippen MR) is 122 cm³/mol. The van der Waals surface area contributed by atoms with Crippen molar-refractivity contribution >= 4 is 41.5 Å². The van der Waals surface area contributed by atoms with Gasteiger partial charge in [-0.2, -0.15) is 4.98 Å². The molecular weight excluding hydrogens is 491 g/mol. The van der Waals surface area contributed by atoms with Crippen molar-refractivity contribution in [3.63, 3.8) is 0 Å². The Bertz CT molecular complexity index is 783. The van der Waals surface area contributed by atoms with E-state index in [1.165, 1.54) is 12.0 Å². The maximum absolute atomic E-state index is 6.23. The van der Waals surface area contributed by atoms with E-state index in [1.54, 1.807) is 14.0 Å². The Morgan fingerprint density at radius 3 is 2.89 bits per heavy atom. The van der Waals surface area contributed by atoms with Gasteiger partial charge in [0.05, 0.1) is 6.54 Å². The van der Waals surface area contributed by atoms with Crippen molar-refractivity contribution in [2.24, 2.45) is 10.9 Å². The maximum Gasteiger partial charge on any atom is 0.223 e. The molecule has 0 bridgehead atoms. The third-order valence-electron chi connectivity index (χ3n) is 4.94. The van der Waals surface area contributed by atoms with E-state index >= 15 is 0 Å². The molecule has 2 N–H and O–H groups in total. The molecule has 2 heterocycles. The van der Waals surface area contributed by atoms with Crippen LogP contribution in [0.25, 0.3) is 0 Å². The van der Waals surface area contributed by atoms with Crippen molar-refractivity contribution in [1.29, 1.82) is 0 Å². The number of benzene rings is 1. The summed E-state index contributed by atoms with van der Waals surface area (Å²) in [6.07, 6.45) is 2.35. The average molecular weight is 519 g/mol. The standard InChI is InChI=1S/C19H27ClN6O.HI/c1-13-24-17(25-27-13)12-23-19(21-2)22-11-15-7-5-9-26(3)18(15)14-6-4-8-16(20)10-14;/h4,6,8,10,15,18H,5,7,9,11-12H2,1-3H3,(H2,21,22,23);1H. The van der Waals surface area contributed by atoms with E-state index in [4.69, 9.17) is 16.1 Å². The molecule has 1 aliphatic rings. The molecule has 2 atom stereocenters. The lowest BCUT2D eigenvalue weighted by atomic mass is 9.85. The smallest absolute Gasteiger partial charge is 0.223 e. The van der Waals surface area contributed by atoms with Crippen molar-refractivity contribution in [2.75, 3.05) is 27.2 Å². The molecule has 28 heavy (non-hydrogen) atoms. The molecule has 9 heteroatoms. The van der Waals surface area contributed by atoms with Crippen LogP contribution < -0.4 is 10.6 Å². The summed E-state index contributed by atoms with van der Waals surface area (Å²) in [6.45, 7) is 4.17. The van der Waals surface area contributed by atoms with Gasteiger partial charge in [-0.15, -0.1) is 24.0 Å². The Balaban J connectivity index is 0.00000280. The summed E-state index contributed by atoms with van der Waals surface area (Å²) in [5, 5.41) is 11.4. The number of aromatic nitrogens is 2. The Kier molecular flexibility index (Phi) is 8.97. The third-order valence-corrected chi connectivity index (χ3v) is 5.17. The van der Waals surface area contributed by atoms with Crippen LogP contribution in [-0.2, 0) is 6.54 Å². The van der Waals surface area contributed by atoms with Crippen molar-refractivity contribution < 1.29 is 4.52 Å². The van der Waals surface area contributed by atoms with Crippen LogP contribution in [0.15, 0.2) is 33.8 Å². The van der Waals surface area contributed by atoms with Gasteiger partial charge in [0.1, 0.15) is 0 Å². The number of halogens is 2. The van der Waals surface area contributed by atoms with Gasteiger partial charge in [-0.1, -0.05) is 28.9 Å². The predicted octanol–water partition coefficient (Wildman–Crippen LogP) is 3.40. The average Bonchev–Trinajstić information content (AvgIpc) is 3.07. The highest BCUT2D eigenvalue weighted by Crippen LogP contribution is 2.35. The van der Waals surface area contributed by atoms with E-state index in [-0.39, 0.29) is 24.0 Å². The van der Waals surface area contributed by atoms with Crippen LogP contribution in [0.1, 0.15) is 36.2 Å². The highest BCUT2D eigenvalue weighted by molar-refractivity contribution is 14.0. The lowest BCUT2D eigenvalue weighted by molar-refractivity contribution is 0.122. The molecule has 1 aliphatic heterocycles. The number of hydrogen-bond donors (Lipinski definition) is 2. The first kappa shape index (κ1) is 22.9. The SMILES string of the molecule is CN=C(NCc1noc(C)n1)NCC1CCCN(C)C1c1cccc(Cl)c1.I. The molecule has 0 aliphatic carbocycles. The first-order valence-electron chi connectivity index (χ1n) is 9.26. The molecule has 2 aromatic rings. The molecule has 154 valence electrons. The zero-order valence-electron chi connectivity index (χ0n) is 16.5. The minimum absolute atomic E-state index is 0. The topological polar surface area (TPSA) is 78.6 Å². The summed E-state index contributed by atoms with van der Waals surface area (Å²) in [5.74, 6) is 2.37. The van der Waals surface area contributed by atoms with E-state index in [1.807, 2.05) is 12.1 Å². The van der Waals surface area contributed by atoms with Crippen molar-refractivity contribution in [1.82, 2.24) is 25.7 Å². The molecule has 7 nitrogen and oxygen atoms in total. The van der Waals surface area contributed by atoms with Crippen LogP contribution in [0.3, 0.4) is 0 Å². The molecule has 1 aromatic heterocycles. The van der Waals surface area contributed by atoms with E-state index in [0.717, 1.165) is 30.5 Å². The van der Waals surface area contributed by atoms with E-state index in [2.05, 4.69) is 49.8 Å². The second-order valence-electron chi connectivity index (χ2n) is 6.92. The lowest BCUT2D eigenvalue weighted by Crippen LogP contribution is -2.45. The quantitative estimate of drug-likeness (QED) is 0.359. The highest BCUT2D eigenvalue weighted by Gasteiger charge is 2.30. The van der Waals surface area contributed by atoms with Gasteiger partial charge in [0.25, 0.3) is 0 Å². The Morgan fingerprint density at radius 1 is 1.39 bits per heavy atom. The molecule has 1 fully saturated rings. The summed E-state index contributed by atoms with van der Waals surface area (Å²) < 4.78 is 4.99. The van der Waals surface area contributed by atoms with Crippen molar-refractivity contribution in [3.05, 3.63) is 46.6 Å². The minimum atomic E-state index is 0. The summed E-state index contributed by atoms with van der Waals surface area (Å²) >= 11 is 6.23. The van der Waals surface area contributed by atoms with E-state index < -0.39 is 0 Å². The number of hydrogen-bond acceptors (Lipinski definition) is 5. The van der Waals surface area contributed by atoms with Crippen LogP contribution in [0, 0.1) is 12.8 Å². The Hall–Kier alpha value is -1.39. The van der Waals surface area contributed by atoms with Crippen molar-refractivity contribution in [2.45, 2.75) is 32.4 Å². The van der Waals surface area contributed by atoms with Gasteiger partial charge in [-0.05, 0) is 50.0 Å². The van der Waals surface area contributed by atoms with Gasteiger partial charge < -0.3 is 15.2 Å². The van der Waals surface area contributed by atoms with Crippen molar-refractivity contribution in [3.8, 4) is 0 Å². The van der Waals surface area contributed by atoms with Gasteiger partial charge in [-0.3, -0.25) is 9.89 Å². The largest absolute Gasteiger partial charge is 0.356 e. The first-order chi connectivity index (χ1) is 13.1. The van der Waals surface area contributed by atoms with Crippen LogP contribution >= 0.6 is 35.6 Å². The van der Waals surface area contributed by atoms with Gasteiger partial charge >= 0.3 is 0 Å². The number of nitrogens with zero attached hydrogens (tertiary/aromatic N) is 4. The number of piperidine rings is 1. The number of nitrogens with one attached hydrogen (secondary N) is 2. The molecule has 0 spiro atoms. The molecule has 0 radical (unpaired) electrons. The summed E-state index contributed by atoms with van der Waals surface area (Å²) in [7, 11) is 3.95. The summed E-state index contributed by atoms with van der Waals surface area (Å²) in [4.78, 5) is 10.9. The van der Waals surface area contributed by atoms with E-state index in [9.17, 15) is 0 Å². The number of aryl methyl sites for hydroxylation is 1. The first-order valence-corrected chi connectivity index (χ1v) is 9.64. The number of rotatable bonds is 5. The van der Waals surface area contributed by atoms with Gasteiger partial charge in [-0.25, -0.2) is 0 Å². The summed E-state index contributed by atoms with van der Waals surface area (Å²) in [6, 6.07) is 8.52. The molecule has 1 saturated heterocycles.